The van der Waals surface area contributed by atoms with Crippen LogP contribution >= 0.6 is 0 Å². The van der Waals surface area contributed by atoms with Crippen LogP contribution in [0.1, 0.15) is 35.1 Å². The molecule has 37 heavy (non-hydrogen) atoms. The minimum Gasteiger partial charge on any atom is -0.272 e. The highest BCUT2D eigenvalue weighted by atomic mass is 16.2. The van der Waals surface area contributed by atoms with E-state index in [1.165, 1.54) is 4.57 Å². The molecule has 9 heteroatoms. The molecule has 1 N–H and O–H groups in total. The van der Waals surface area contributed by atoms with Crippen molar-refractivity contribution in [1.29, 1.82) is 0 Å². The maximum Gasteiger partial charge on any atom is 0.353 e. The van der Waals surface area contributed by atoms with E-state index in [-0.39, 0.29) is 12.3 Å². The minimum atomic E-state index is -0.450. The zero-order valence-electron chi connectivity index (χ0n) is 20.3. The molecule has 0 atom stereocenters. The van der Waals surface area contributed by atoms with Crippen LogP contribution in [0.4, 0.5) is 0 Å². The molecule has 0 fully saturated rings. The van der Waals surface area contributed by atoms with Crippen LogP contribution in [0.2, 0.25) is 0 Å². The van der Waals surface area contributed by atoms with Crippen molar-refractivity contribution in [1.82, 2.24) is 35.0 Å². The number of aromatic nitrogens is 7. The topological polar surface area (TPSA) is 111 Å². The molecule has 3 aromatic carbocycles. The van der Waals surface area contributed by atoms with Gasteiger partial charge in [-0.25, -0.2) is 9.89 Å². The van der Waals surface area contributed by atoms with E-state index in [2.05, 4.69) is 25.7 Å². The minimum absolute atomic E-state index is 0.104. The Morgan fingerprint density at radius 1 is 0.919 bits per heavy atom. The summed E-state index contributed by atoms with van der Waals surface area (Å²) in [6.45, 7) is 2.30. The molecule has 0 saturated carbocycles. The van der Waals surface area contributed by atoms with Gasteiger partial charge in [0, 0.05) is 5.56 Å². The van der Waals surface area contributed by atoms with Gasteiger partial charge in [0.1, 0.15) is 0 Å². The molecule has 0 radical (unpaired) electrons. The number of tetrazole rings is 1. The number of carbonyl (C=O) groups excluding carboxylic acids is 1. The first-order valence-electron chi connectivity index (χ1n) is 12.0. The molecule has 0 unspecified atom stereocenters. The first-order chi connectivity index (χ1) is 18.1. The molecular formula is C28H25N7O2. The lowest BCUT2D eigenvalue weighted by Crippen LogP contribution is -2.31. The van der Waals surface area contributed by atoms with E-state index in [1.807, 2.05) is 91.9 Å². The van der Waals surface area contributed by atoms with E-state index in [4.69, 9.17) is 0 Å². The molecule has 0 bridgehead atoms. The Balaban J connectivity index is 1.40. The van der Waals surface area contributed by atoms with E-state index in [0.717, 1.165) is 38.9 Å². The van der Waals surface area contributed by atoms with Crippen molar-refractivity contribution in [2.45, 2.75) is 26.3 Å². The zero-order chi connectivity index (χ0) is 25.6. The van der Waals surface area contributed by atoms with Crippen molar-refractivity contribution in [3.8, 4) is 22.5 Å². The normalized spacial score (nSPS) is 11.3. The van der Waals surface area contributed by atoms with E-state index in [0.29, 0.717) is 18.2 Å². The predicted molar refractivity (Wildman–Crippen MR) is 141 cm³/mol. The van der Waals surface area contributed by atoms with Gasteiger partial charge in [0.2, 0.25) is 0 Å². The molecule has 0 spiro atoms. The Kier molecular flexibility index (Phi) is 6.93. The fourth-order valence-electron chi connectivity index (χ4n) is 4.03. The SMILES string of the molecule is CCC=Cc1nn(C(=O)Cc2ccccc2)c(=O)n1Cc1ccc(-c2cccc(-c3nnn[nH]3)c2)cc1. The zero-order valence-corrected chi connectivity index (χ0v) is 20.3. The maximum absolute atomic E-state index is 13.2. The molecule has 9 nitrogen and oxygen atoms in total. The molecule has 0 saturated heterocycles. The molecular weight excluding hydrogens is 466 g/mol. The van der Waals surface area contributed by atoms with Gasteiger partial charge in [0.05, 0.1) is 13.0 Å². The van der Waals surface area contributed by atoms with Gasteiger partial charge < -0.3 is 0 Å². The summed E-state index contributed by atoms with van der Waals surface area (Å²) in [6.07, 6.45) is 4.60. The van der Waals surface area contributed by atoms with Crippen LogP contribution in [0.3, 0.4) is 0 Å². The number of benzene rings is 3. The quantitative estimate of drug-likeness (QED) is 0.347. The summed E-state index contributed by atoms with van der Waals surface area (Å²) in [5, 5.41) is 18.4. The number of nitrogens with one attached hydrogen (secondary N) is 1. The fraction of sp³-hybridized carbons (Fsp3) is 0.143. The summed E-state index contributed by atoms with van der Waals surface area (Å²) >= 11 is 0. The van der Waals surface area contributed by atoms with Crippen molar-refractivity contribution < 1.29 is 4.79 Å². The van der Waals surface area contributed by atoms with Crippen LogP contribution in [0.25, 0.3) is 28.6 Å². The Morgan fingerprint density at radius 3 is 2.43 bits per heavy atom. The third-order valence-corrected chi connectivity index (χ3v) is 5.94. The number of H-pyrrole nitrogens is 1. The van der Waals surface area contributed by atoms with E-state index < -0.39 is 5.69 Å². The van der Waals surface area contributed by atoms with Crippen molar-refractivity contribution >= 4 is 12.0 Å². The van der Waals surface area contributed by atoms with Gasteiger partial charge in [0.15, 0.2) is 11.6 Å². The molecule has 0 amide bonds. The average molecular weight is 492 g/mol. The second-order valence-electron chi connectivity index (χ2n) is 8.53. The largest absolute Gasteiger partial charge is 0.353 e. The van der Waals surface area contributed by atoms with Crippen molar-refractivity contribution in [2.75, 3.05) is 0 Å². The Hall–Kier alpha value is -4.92. The first-order valence-corrected chi connectivity index (χ1v) is 12.0. The summed E-state index contributed by atoms with van der Waals surface area (Å²) < 4.78 is 2.50. The van der Waals surface area contributed by atoms with Crippen LogP contribution in [0, 0.1) is 0 Å². The van der Waals surface area contributed by atoms with Crippen LogP contribution in [0.5, 0.6) is 0 Å². The van der Waals surface area contributed by atoms with Crippen LogP contribution < -0.4 is 5.69 Å². The lowest BCUT2D eigenvalue weighted by molar-refractivity contribution is 0.0893. The molecule has 0 aliphatic heterocycles. The van der Waals surface area contributed by atoms with Gasteiger partial charge in [-0.3, -0.25) is 9.36 Å². The van der Waals surface area contributed by atoms with Gasteiger partial charge in [-0.05, 0) is 51.2 Å². The van der Waals surface area contributed by atoms with Crippen LogP contribution in [-0.4, -0.2) is 40.9 Å². The number of allylic oxidation sites excluding steroid dienone is 1. The number of hydrogen-bond acceptors (Lipinski definition) is 6. The summed E-state index contributed by atoms with van der Waals surface area (Å²) in [5.74, 6) is 0.688. The summed E-state index contributed by atoms with van der Waals surface area (Å²) in [7, 11) is 0. The Labute approximate surface area is 213 Å². The lowest BCUT2D eigenvalue weighted by atomic mass is 10.0. The number of aromatic amines is 1. The van der Waals surface area contributed by atoms with Gasteiger partial charge >= 0.3 is 5.69 Å². The summed E-state index contributed by atoms with van der Waals surface area (Å²) in [5.41, 5.74) is 4.22. The highest BCUT2D eigenvalue weighted by Gasteiger charge is 2.18. The highest BCUT2D eigenvalue weighted by molar-refractivity contribution is 5.80. The number of hydrogen-bond donors (Lipinski definition) is 1. The predicted octanol–water partition coefficient (Wildman–Crippen LogP) is 4.25. The second-order valence-corrected chi connectivity index (χ2v) is 8.53. The molecule has 2 heterocycles. The lowest BCUT2D eigenvalue weighted by Gasteiger charge is -2.07. The van der Waals surface area contributed by atoms with E-state index in [1.54, 1.807) is 6.08 Å². The van der Waals surface area contributed by atoms with E-state index in [9.17, 15) is 9.59 Å². The third-order valence-electron chi connectivity index (χ3n) is 5.94. The number of nitrogens with zero attached hydrogens (tertiary/aromatic N) is 6. The monoisotopic (exact) mass is 491 g/mol. The maximum atomic E-state index is 13.2. The molecule has 0 aliphatic carbocycles. The molecule has 0 aliphatic rings. The highest BCUT2D eigenvalue weighted by Crippen LogP contribution is 2.24. The average Bonchev–Trinajstić information content (AvgIpc) is 3.58. The first kappa shape index (κ1) is 23.8. The van der Waals surface area contributed by atoms with Crippen molar-refractivity contribution in [2.24, 2.45) is 0 Å². The molecule has 5 aromatic rings. The Morgan fingerprint density at radius 2 is 1.70 bits per heavy atom. The summed E-state index contributed by atoms with van der Waals surface area (Å²) in [6, 6.07) is 25.2. The van der Waals surface area contributed by atoms with Gasteiger partial charge in [-0.15, -0.1) is 14.9 Å². The van der Waals surface area contributed by atoms with Gasteiger partial charge in [0.25, 0.3) is 5.91 Å². The van der Waals surface area contributed by atoms with Crippen molar-refractivity contribution in [3.05, 3.63) is 112 Å². The fourth-order valence-corrected chi connectivity index (χ4v) is 4.03. The molecule has 2 aromatic heterocycles. The van der Waals surface area contributed by atoms with Gasteiger partial charge in [-0.1, -0.05) is 85.8 Å². The standard InChI is InChI=1S/C28H25N7O2/c1-2-3-12-25-31-35(26(36)17-20-8-5-4-6-9-20)28(37)34(25)19-21-13-15-22(16-14-21)23-10-7-11-24(18-23)27-29-32-33-30-27/h3-16,18H,2,17,19H2,1H3,(H,29,30,32,33). The van der Waals surface area contributed by atoms with E-state index >= 15 is 0 Å². The van der Waals surface area contributed by atoms with Crippen LogP contribution in [-0.2, 0) is 13.0 Å². The number of rotatable bonds is 8. The Bertz CT molecular complexity index is 1580. The molecule has 184 valence electrons. The van der Waals surface area contributed by atoms with Gasteiger partial charge in [-0.2, -0.15) is 0 Å². The number of carbonyl (C=O) groups is 1. The summed E-state index contributed by atoms with van der Waals surface area (Å²) in [4.78, 5) is 26.1. The molecule has 5 rings (SSSR count). The smallest absolute Gasteiger partial charge is 0.272 e. The van der Waals surface area contributed by atoms with Crippen LogP contribution in [0.15, 0.2) is 89.7 Å². The third kappa shape index (κ3) is 5.35. The van der Waals surface area contributed by atoms with Crippen molar-refractivity contribution in [3.63, 3.8) is 0 Å². The second kappa shape index (κ2) is 10.8.